The summed E-state index contributed by atoms with van der Waals surface area (Å²) in [7, 11) is 1.56. The van der Waals surface area contributed by atoms with Crippen LogP contribution >= 0.6 is 11.8 Å². The molecule has 0 aromatic heterocycles. The standard InChI is InChI=1S/C20H19N3O3S/c1-26-14-6-4-13(5-7-14)17(24)12-27-19-16(11-22)20(8-2-3-9-20)15(10-21)18(25)23-19/h4-7,15H,2-3,8-9,12H2,1H3,(H,23,25). The van der Waals surface area contributed by atoms with Crippen LogP contribution in [0.1, 0.15) is 36.0 Å². The molecule has 1 aromatic carbocycles. The third-order valence-electron chi connectivity index (χ3n) is 5.27. The normalized spacial score (nSPS) is 20.7. The highest BCUT2D eigenvalue weighted by Crippen LogP contribution is 2.53. The van der Waals surface area contributed by atoms with Gasteiger partial charge in [0.05, 0.1) is 35.6 Å². The molecule has 1 unspecified atom stereocenters. The SMILES string of the molecule is COc1ccc(C(=O)CSC2=C(C#N)C3(CCCC3)C(C#N)C(=O)N2)cc1. The summed E-state index contributed by atoms with van der Waals surface area (Å²) in [5.74, 6) is -0.571. The zero-order valence-electron chi connectivity index (χ0n) is 14.9. The Labute approximate surface area is 162 Å². The van der Waals surface area contributed by atoms with Crippen molar-refractivity contribution in [3.05, 3.63) is 40.4 Å². The van der Waals surface area contributed by atoms with Crippen molar-refractivity contribution in [3.63, 3.8) is 0 Å². The number of carbonyl (C=O) groups excluding carboxylic acids is 2. The summed E-state index contributed by atoms with van der Waals surface area (Å²) in [6.07, 6.45) is 3.08. The van der Waals surface area contributed by atoms with Gasteiger partial charge in [-0.3, -0.25) is 9.59 Å². The molecular weight excluding hydrogens is 362 g/mol. The minimum absolute atomic E-state index is 0.0976. The third kappa shape index (κ3) is 3.43. The van der Waals surface area contributed by atoms with Crippen LogP contribution in [0.25, 0.3) is 0 Å². The molecule has 0 radical (unpaired) electrons. The number of benzene rings is 1. The molecule has 1 fully saturated rings. The number of carbonyl (C=O) groups is 2. The van der Waals surface area contributed by atoms with Crippen LogP contribution in [0.4, 0.5) is 0 Å². The van der Waals surface area contributed by atoms with E-state index >= 15 is 0 Å². The second-order valence-electron chi connectivity index (χ2n) is 6.67. The van der Waals surface area contributed by atoms with Crippen LogP contribution in [-0.2, 0) is 4.79 Å². The molecule has 2 aliphatic rings. The molecule has 138 valence electrons. The Balaban J connectivity index is 1.83. The van der Waals surface area contributed by atoms with Gasteiger partial charge in [-0.1, -0.05) is 24.6 Å². The van der Waals surface area contributed by atoms with E-state index in [0.717, 1.165) is 24.6 Å². The Morgan fingerprint density at radius 2 is 1.96 bits per heavy atom. The minimum Gasteiger partial charge on any atom is -0.497 e. The zero-order chi connectivity index (χ0) is 19.4. The number of amides is 1. The van der Waals surface area contributed by atoms with Crippen LogP contribution in [0.5, 0.6) is 5.75 Å². The second-order valence-corrected chi connectivity index (χ2v) is 7.66. The Morgan fingerprint density at radius 1 is 1.30 bits per heavy atom. The molecule has 27 heavy (non-hydrogen) atoms. The molecule has 7 heteroatoms. The van der Waals surface area contributed by atoms with Crippen molar-refractivity contribution in [3.8, 4) is 17.9 Å². The molecule has 1 aromatic rings. The van der Waals surface area contributed by atoms with Gasteiger partial charge in [0.1, 0.15) is 11.7 Å². The van der Waals surface area contributed by atoms with Gasteiger partial charge < -0.3 is 10.1 Å². The number of ketones is 1. The molecular formula is C20H19N3O3S. The summed E-state index contributed by atoms with van der Waals surface area (Å²) in [6, 6.07) is 11.1. The lowest BCUT2D eigenvalue weighted by molar-refractivity contribution is -0.126. The van der Waals surface area contributed by atoms with Gasteiger partial charge in [-0.25, -0.2) is 0 Å². The van der Waals surface area contributed by atoms with Crippen molar-refractivity contribution in [2.75, 3.05) is 12.9 Å². The summed E-state index contributed by atoms with van der Waals surface area (Å²) in [5.41, 5.74) is 0.269. The molecule has 1 heterocycles. The van der Waals surface area contributed by atoms with Crippen molar-refractivity contribution < 1.29 is 14.3 Å². The van der Waals surface area contributed by atoms with Crippen molar-refractivity contribution >= 4 is 23.5 Å². The van der Waals surface area contributed by atoms with Crippen LogP contribution in [0.2, 0.25) is 0 Å². The number of nitriles is 2. The number of rotatable bonds is 5. The lowest BCUT2D eigenvalue weighted by atomic mass is 9.67. The highest BCUT2D eigenvalue weighted by Gasteiger charge is 2.52. The molecule has 1 N–H and O–H groups in total. The number of nitrogens with one attached hydrogen (secondary N) is 1. The highest BCUT2D eigenvalue weighted by molar-refractivity contribution is 8.03. The maximum absolute atomic E-state index is 12.5. The molecule has 0 bridgehead atoms. The van der Waals surface area contributed by atoms with Crippen molar-refractivity contribution in [1.29, 1.82) is 10.5 Å². The molecule has 1 saturated carbocycles. The van der Waals surface area contributed by atoms with E-state index in [9.17, 15) is 20.1 Å². The van der Waals surface area contributed by atoms with E-state index in [4.69, 9.17) is 4.74 Å². The van der Waals surface area contributed by atoms with Crippen LogP contribution < -0.4 is 10.1 Å². The fraction of sp³-hybridized carbons (Fsp3) is 0.400. The first-order valence-electron chi connectivity index (χ1n) is 8.71. The van der Waals surface area contributed by atoms with Gasteiger partial charge in [0.2, 0.25) is 5.91 Å². The second kappa shape index (κ2) is 7.85. The van der Waals surface area contributed by atoms with Crippen molar-refractivity contribution in [2.45, 2.75) is 25.7 Å². The third-order valence-corrected chi connectivity index (χ3v) is 6.27. The van der Waals surface area contributed by atoms with E-state index in [1.807, 2.05) is 0 Å². The van der Waals surface area contributed by atoms with Gasteiger partial charge in [-0.15, -0.1) is 0 Å². The fourth-order valence-electron chi connectivity index (χ4n) is 3.86. The van der Waals surface area contributed by atoms with Crippen molar-refractivity contribution in [1.82, 2.24) is 5.32 Å². The lowest BCUT2D eigenvalue weighted by Crippen LogP contribution is -2.46. The van der Waals surface area contributed by atoms with Gasteiger partial charge in [0.25, 0.3) is 0 Å². The maximum atomic E-state index is 12.5. The number of hydrogen-bond acceptors (Lipinski definition) is 6. The van der Waals surface area contributed by atoms with Crippen LogP contribution in [0, 0.1) is 34.0 Å². The first-order chi connectivity index (χ1) is 13.1. The average molecular weight is 381 g/mol. The highest BCUT2D eigenvalue weighted by atomic mass is 32.2. The quantitative estimate of drug-likeness (QED) is 0.786. The molecule has 3 rings (SSSR count). The monoisotopic (exact) mass is 381 g/mol. The van der Waals surface area contributed by atoms with E-state index in [0.29, 0.717) is 34.8 Å². The minimum atomic E-state index is -0.851. The van der Waals surface area contributed by atoms with Crippen LogP contribution in [-0.4, -0.2) is 24.6 Å². The number of allylic oxidation sites excluding steroid dienone is 1. The first-order valence-corrected chi connectivity index (χ1v) is 9.69. The summed E-state index contributed by atoms with van der Waals surface area (Å²) in [5, 5.41) is 22.3. The lowest BCUT2D eigenvalue weighted by Gasteiger charge is -2.37. The molecule has 1 aliphatic heterocycles. The number of thioether (sulfide) groups is 1. The van der Waals surface area contributed by atoms with E-state index in [-0.39, 0.29) is 17.4 Å². The number of nitrogens with zero attached hydrogens (tertiary/aromatic N) is 2. The van der Waals surface area contributed by atoms with Gasteiger partial charge in [-0.05, 0) is 37.1 Å². The number of ether oxygens (including phenoxy) is 1. The van der Waals surface area contributed by atoms with Gasteiger partial charge in [0.15, 0.2) is 5.78 Å². The van der Waals surface area contributed by atoms with Gasteiger partial charge >= 0.3 is 0 Å². The smallest absolute Gasteiger partial charge is 0.243 e. The van der Waals surface area contributed by atoms with Crippen molar-refractivity contribution in [2.24, 2.45) is 11.3 Å². The molecule has 1 aliphatic carbocycles. The van der Waals surface area contributed by atoms with Gasteiger partial charge in [0, 0.05) is 11.0 Å². The summed E-state index contributed by atoms with van der Waals surface area (Å²) < 4.78 is 5.08. The number of Topliss-reactive ketones (excluding diaryl/α,β-unsaturated/α-hetero) is 1. The summed E-state index contributed by atoms with van der Waals surface area (Å²) in [4.78, 5) is 24.9. The summed E-state index contributed by atoms with van der Waals surface area (Å²) >= 11 is 1.16. The Morgan fingerprint density at radius 3 is 2.52 bits per heavy atom. The predicted octanol–water partition coefficient (Wildman–Crippen LogP) is 3.18. The molecule has 6 nitrogen and oxygen atoms in total. The maximum Gasteiger partial charge on any atom is 0.243 e. The first kappa shape index (κ1) is 19.0. The average Bonchev–Trinajstić information content (AvgIpc) is 3.16. The van der Waals surface area contributed by atoms with Crippen LogP contribution in [0.3, 0.4) is 0 Å². The molecule has 1 amide bonds. The Hall–Kier alpha value is -2.77. The fourth-order valence-corrected chi connectivity index (χ4v) is 4.87. The Kier molecular flexibility index (Phi) is 5.53. The van der Waals surface area contributed by atoms with E-state index in [1.165, 1.54) is 0 Å². The Bertz CT molecular complexity index is 871. The zero-order valence-corrected chi connectivity index (χ0v) is 15.8. The number of hydrogen-bond donors (Lipinski definition) is 1. The van der Waals surface area contributed by atoms with Crippen LogP contribution in [0.15, 0.2) is 34.9 Å². The predicted molar refractivity (Wildman–Crippen MR) is 101 cm³/mol. The summed E-state index contributed by atoms with van der Waals surface area (Å²) in [6.45, 7) is 0. The largest absolute Gasteiger partial charge is 0.497 e. The van der Waals surface area contributed by atoms with E-state index in [1.54, 1.807) is 31.4 Å². The van der Waals surface area contributed by atoms with Gasteiger partial charge in [-0.2, -0.15) is 10.5 Å². The topological polar surface area (TPSA) is 103 Å². The van der Waals surface area contributed by atoms with E-state index in [2.05, 4.69) is 17.5 Å². The van der Waals surface area contributed by atoms with E-state index < -0.39 is 11.3 Å². The molecule has 1 atom stereocenters. The molecule has 0 saturated heterocycles. The number of methoxy groups -OCH3 is 1. The molecule has 1 spiro atoms.